The van der Waals surface area contributed by atoms with Gasteiger partial charge in [-0.2, -0.15) is 0 Å². The Bertz CT molecular complexity index is 675. The SMILES string of the molecule is O=C(Cc1c(F)cccc1Cl)N1CCC[C@@H]1[C@@H](O)c1nccs1. The van der Waals surface area contributed by atoms with Gasteiger partial charge in [0.25, 0.3) is 0 Å². The zero-order chi connectivity index (χ0) is 16.4. The number of carbonyl (C=O) groups excluding carboxylic acids is 1. The topological polar surface area (TPSA) is 53.4 Å². The minimum atomic E-state index is -0.808. The molecule has 1 fully saturated rings. The summed E-state index contributed by atoms with van der Waals surface area (Å²) in [6.07, 6.45) is 2.23. The predicted molar refractivity (Wildman–Crippen MR) is 86.9 cm³/mol. The van der Waals surface area contributed by atoms with Gasteiger partial charge in [-0.25, -0.2) is 9.37 Å². The number of aromatic nitrogens is 1. The number of benzene rings is 1. The van der Waals surface area contributed by atoms with Gasteiger partial charge in [-0.1, -0.05) is 17.7 Å². The van der Waals surface area contributed by atoms with Crippen LogP contribution in [0.15, 0.2) is 29.8 Å². The van der Waals surface area contributed by atoms with Crippen LogP contribution in [0.5, 0.6) is 0 Å². The number of amides is 1. The Balaban J connectivity index is 1.76. The van der Waals surface area contributed by atoms with Crippen LogP contribution in [-0.4, -0.2) is 33.5 Å². The third-order valence-corrected chi connectivity index (χ3v) is 5.28. The van der Waals surface area contributed by atoms with Gasteiger partial charge in [0.1, 0.15) is 16.9 Å². The van der Waals surface area contributed by atoms with Gasteiger partial charge in [0, 0.05) is 28.7 Å². The number of hydrogen-bond acceptors (Lipinski definition) is 4. The van der Waals surface area contributed by atoms with E-state index in [1.54, 1.807) is 22.5 Å². The van der Waals surface area contributed by atoms with Gasteiger partial charge in [0.05, 0.1) is 12.5 Å². The van der Waals surface area contributed by atoms with E-state index in [1.807, 2.05) is 0 Å². The Labute approximate surface area is 142 Å². The van der Waals surface area contributed by atoms with Gasteiger partial charge < -0.3 is 10.0 Å². The number of thiazole rings is 1. The standard InChI is InChI=1S/C16H16ClFN2O2S/c17-11-3-1-4-12(18)10(11)9-14(21)20-7-2-5-13(20)15(22)16-19-6-8-23-16/h1,3-4,6,8,13,15,22H,2,5,7,9H2/t13-,15-/m1/s1. The van der Waals surface area contributed by atoms with Crippen molar-refractivity contribution in [1.29, 1.82) is 0 Å². The number of halogens is 2. The Morgan fingerprint density at radius 1 is 1.57 bits per heavy atom. The third-order valence-electron chi connectivity index (χ3n) is 4.08. The number of likely N-dealkylation sites (tertiary alicyclic amines) is 1. The Hall–Kier alpha value is -1.50. The molecule has 122 valence electrons. The smallest absolute Gasteiger partial charge is 0.227 e. The van der Waals surface area contributed by atoms with Crippen LogP contribution in [0, 0.1) is 5.82 Å². The van der Waals surface area contributed by atoms with E-state index in [2.05, 4.69) is 4.98 Å². The van der Waals surface area contributed by atoms with Crippen molar-refractivity contribution in [1.82, 2.24) is 9.88 Å². The highest BCUT2D eigenvalue weighted by Gasteiger charge is 2.35. The Morgan fingerprint density at radius 3 is 3.09 bits per heavy atom. The highest BCUT2D eigenvalue weighted by molar-refractivity contribution is 7.09. The van der Waals surface area contributed by atoms with Gasteiger partial charge >= 0.3 is 0 Å². The first kappa shape index (κ1) is 16.4. The molecule has 2 aromatic rings. The molecule has 2 heterocycles. The van der Waals surface area contributed by atoms with E-state index in [0.29, 0.717) is 18.0 Å². The molecule has 0 spiro atoms. The van der Waals surface area contributed by atoms with Crippen LogP contribution >= 0.6 is 22.9 Å². The Morgan fingerprint density at radius 2 is 2.39 bits per heavy atom. The first-order valence-corrected chi connectivity index (χ1v) is 8.63. The zero-order valence-electron chi connectivity index (χ0n) is 12.3. The summed E-state index contributed by atoms with van der Waals surface area (Å²) in [5, 5.41) is 13.1. The monoisotopic (exact) mass is 354 g/mol. The molecule has 1 aliphatic heterocycles. The molecule has 1 saturated heterocycles. The molecule has 1 aromatic carbocycles. The zero-order valence-corrected chi connectivity index (χ0v) is 13.9. The van der Waals surface area contributed by atoms with Gasteiger partial charge in [-0.15, -0.1) is 11.3 Å². The summed E-state index contributed by atoms with van der Waals surface area (Å²) >= 11 is 7.35. The maximum absolute atomic E-state index is 13.9. The molecule has 0 radical (unpaired) electrons. The summed E-state index contributed by atoms with van der Waals surface area (Å²) in [7, 11) is 0. The van der Waals surface area contributed by atoms with Gasteiger partial charge in [0.2, 0.25) is 5.91 Å². The van der Waals surface area contributed by atoms with E-state index < -0.39 is 11.9 Å². The molecule has 0 unspecified atom stereocenters. The molecule has 1 N–H and O–H groups in total. The van der Waals surface area contributed by atoms with E-state index in [9.17, 15) is 14.3 Å². The molecule has 0 bridgehead atoms. The van der Waals surface area contributed by atoms with Crippen molar-refractivity contribution in [3.05, 3.63) is 51.2 Å². The van der Waals surface area contributed by atoms with Crippen LogP contribution in [0.2, 0.25) is 5.02 Å². The van der Waals surface area contributed by atoms with Gasteiger partial charge in [0.15, 0.2) is 0 Å². The highest BCUT2D eigenvalue weighted by atomic mass is 35.5. The van der Waals surface area contributed by atoms with Crippen LogP contribution in [0.25, 0.3) is 0 Å². The lowest BCUT2D eigenvalue weighted by Crippen LogP contribution is -2.40. The van der Waals surface area contributed by atoms with Crippen LogP contribution in [0.1, 0.15) is 29.5 Å². The fourth-order valence-electron chi connectivity index (χ4n) is 2.93. The van der Waals surface area contributed by atoms with Crippen molar-refractivity contribution in [2.24, 2.45) is 0 Å². The summed E-state index contributed by atoms with van der Waals surface area (Å²) < 4.78 is 13.9. The summed E-state index contributed by atoms with van der Waals surface area (Å²) in [6, 6.07) is 4.05. The van der Waals surface area contributed by atoms with Crippen LogP contribution in [0.3, 0.4) is 0 Å². The molecular formula is C16H16ClFN2O2S. The number of aliphatic hydroxyl groups excluding tert-OH is 1. The van der Waals surface area contributed by atoms with Crippen LogP contribution < -0.4 is 0 Å². The van der Waals surface area contributed by atoms with Crippen molar-refractivity contribution >= 4 is 28.8 Å². The second-order valence-electron chi connectivity index (χ2n) is 5.49. The fraction of sp³-hybridized carbons (Fsp3) is 0.375. The summed E-state index contributed by atoms with van der Waals surface area (Å²) in [4.78, 5) is 18.3. The van der Waals surface area contributed by atoms with Crippen molar-refractivity contribution in [3.8, 4) is 0 Å². The second-order valence-corrected chi connectivity index (χ2v) is 6.82. The largest absolute Gasteiger partial charge is 0.384 e. The first-order valence-electron chi connectivity index (χ1n) is 7.37. The van der Waals surface area contributed by atoms with Crippen LogP contribution in [-0.2, 0) is 11.2 Å². The first-order chi connectivity index (χ1) is 11.1. The minimum Gasteiger partial charge on any atom is -0.384 e. The average molecular weight is 355 g/mol. The van der Waals surface area contributed by atoms with E-state index >= 15 is 0 Å². The molecule has 1 aliphatic rings. The number of hydrogen-bond donors (Lipinski definition) is 1. The van der Waals surface area contributed by atoms with Crippen molar-refractivity contribution in [3.63, 3.8) is 0 Å². The molecule has 3 rings (SSSR count). The van der Waals surface area contributed by atoms with Crippen molar-refractivity contribution < 1.29 is 14.3 Å². The molecule has 1 amide bonds. The Kier molecular flexibility index (Phi) is 4.94. The van der Waals surface area contributed by atoms with Gasteiger partial charge in [-0.3, -0.25) is 4.79 Å². The van der Waals surface area contributed by atoms with Crippen molar-refractivity contribution in [2.45, 2.75) is 31.4 Å². The molecule has 0 saturated carbocycles. The van der Waals surface area contributed by atoms with E-state index in [1.165, 1.54) is 23.5 Å². The molecule has 0 aliphatic carbocycles. The maximum atomic E-state index is 13.9. The lowest BCUT2D eigenvalue weighted by Gasteiger charge is -2.28. The molecular weight excluding hydrogens is 339 g/mol. The molecule has 2 atom stereocenters. The fourth-order valence-corrected chi connectivity index (χ4v) is 3.84. The maximum Gasteiger partial charge on any atom is 0.227 e. The number of rotatable bonds is 4. The third kappa shape index (κ3) is 3.39. The second kappa shape index (κ2) is 6.95. The number of nitrogens with zero attached hydrogens (tertiary/aromatic N) is 2. The normalized spacial score (nSPS) is 19.1. The number of aliphatic hydroxyl groups is 1. The van der Waals surface area contributed by atoms with Gasteiger partial charge in [-0.05, 0) is 25.0 Å². The quantitative estimate of drug-likeness (QED) is 0.917. The van der Waals surface area contributed by atoms with Crippen molar-refractivity contribution in [2.75, 3.05) is 6.54 Å². The molecule has 4 nitrogen and oxygen atoms in total. The van der Waals surface area contributed by atoms with Crippen LogP contribution in [0.4, 0.5) is 4.39 Å². The summed E-state index contributed by atoms with van der Waals surface area (Å²) in [5.74, 6) is -0.711. The number of carbonyl (C=O) groups is 1. The van der Waals surface area contributed by atoms with E-state index in [0.717, 1.165) is 6.42 Å². The molecule has 23 heavy (non-hydrogen) atoms. The summed E-state index contributed by atoms with van der Waals surface area (Å²) in [5.41, 5.74) is 0.202. The molecule has 7 heteroatoms. The lowest BCUT2D eigenvalue weighted by molar-refractivity contribution is -0.133. The lowest BCUT2D eigenvalue weighted by atomic mass is 10.1. The van der Waals surface area contributed by atoms with E-state index in [4.69, 9.17) is 11.6 Å². The molecule has 1 aromatic heterocycles. The predicted octanol–water partition coefficient (Wildman–Crippen LogP) is 3.20. The minimum absolute atomic E-state index is 0.105. The highest BCUT2D eigenvalue weighted by Crippen LogP contribution is 2.31. The van der Waals surface area contributed by atoms with E-state index in [-0.39, 0.29) is 29.0 Å². The average Bonchev–Trinajstić information content (AvgIpc) is 3.20. The summed E-state index contributed by atoms with van der Waals surface area (Å²) in [6.45, 7) is 0.554.